The Kier molecular flexibility index (Phi) is 3.92. The molecule has 4 rings (SSSR count). The van der Waals surface area contributed by atoms with E-state index in [1.54, 1.807) is 31.3 Å². The van der Waals surface area contributed by atoms with Gasteiger partial charge in [-0.05, 0) is 31.2 Å². The number of nitrogens with one attached hydrogen (secondary N) is 1. The first-order chi connectivity index (χ1) is 12.7. The monoisotopic (exact) mass is 390 g/mol. The van der Waals surface area contributed by atoms with E-state index in [-0.39, 0.29) is 5.91 Å². The summed E-state index contributed by atoms with van der Waals surface area (Å²) < 4.78 is 40.0. The van der Waals surface area contributed by atoms with Crippen molar-refractivity contribution in [2.24, 2.45) is 7.05 Å². The summed E-state index contributed by atoms with van der Waals surface area (Å²) in [6.45, 7) is 1.73. The van der Waals surface area contributed by atoms with Crippen LogP contribution in [0.2, 0.25) is 0 Å². The Balaban J connectivity index is 1.69. The molecule has 3 aromatic rings. The molecule has 4 heterocycles. The number of aryl methyl sites for hydroxylation is 2. The number of fused-ring (bicyclic) bond motifs is 1. The topological polar surface area (TPSA) is 59.8 Å². The minimum Gasteiger partial charge on any atom is -0.346 e. The van der Waals surface area contributed by atoms with Gasteiger partial charge in [-0.15, -0.1) is 11.3 Å². The fourth-order valence-electron chi connectivity index (χ4n) is 2.91. The number of rotatable bonds is 2. The van der Waals surface area contributed by atoms with Crippen molar-refractivity contribution in [2.45, 2.75) is 13.1 Å². The third-order valence-electron chi connectivity index (χ3n) is 4.17. The molecule has 1 N–H and O–H groups in total. The first kappa shape index (κ1) is 17.5. The van der Waals surface area contributed by atoms with Crippen molar-refractivity contribution in [3.63, 3.8) is 0 Å². The Morgan fingerprint density at radius 2 is 2.07 bits per heavy atom. The quantitative estimate of drug-likeness (QED) is 0.662. The van der Waals surface area contributed by atoms with Gasteiger partial charge >= 0.3 is 6.18 Å². The number of anilines is 1. The van der Waals surface area contributed by atoms with Crippen LogP contribution in [0.1, 0.15) is 22.0 Å². The van der Waals surface area contributed by atoms with Crippen LogP contribution in [-0.4, -0.2) is 20.4 Å². The predicted octanol–water partition coefficient (Wildman–Crippen LogP) is 4.36. The molecule has 9 heteroatoms. The second kappa shape index (κ2) is 6.05. The molecule has 3 aromatic heterocycles. The minimum atomic E-state index is -4.40. The maximum Gasteiger partial charge on any atom is 0.431 e. The molecule has 5 nitrogen and oxygen atoms in total. The van der Waals surface area contributed by atoms with Gasteiger partial charge in [0.15, 0.2) is 0 Å². The Labute approximate surface area is 156 Å². The largest absolute Gasteiger partial charge is 0.431 e. The second-order valence-electron chi connectivity index (χ2n) is 6.12. The van der Waals surface area contributed by atoms with Gasteiger partial charge in [0.1, 0.15) is 17.3 Å². The maximum absolute atomic E-state index is 13.0. The summed E-state index contributed by atoms with van der Waals surface area (Å²) in [5.74, 6) is 0.741. The van der Waals surface area contributed by atoms with Gasteiger partial charge in [0, 0.05) is 40.3 Å². The van der Waals surface area contributed by atoms with Crippen LogP contribution in [0.3, 0.4) is 0 Å². The molecule has 0 atom stereocenters. The predicted molar refractivity (Wildman–Crippen MR) is 97.0 cm³/mol. The first-order valence-corrected chi connectivity index (χ1v) is 8.75. The molecule has 0 aromatic carbocycles. The standard InChI is InChI=1S/C18H13F3N4OS/c1-9-22-7-13-12(17(26)24-16(13)23-9)6-11-3-4-14(27-11)10-5-15(18(19,20)21)25(2)8-10/h3-8H,1-2H3,(H,22,23,24,26). The third kappa shape index (κ3) is 3.14. The number of carbonyl (C=O) groups is 1. The van der Waals surface area contributed by atoms with Gasteiger partial charge in [0.05, 0.1) is 5.57 Å². The van der Waals surface area contributed by atoms with Crippen molar-refractivity contribution < 1.29 is 18.0 Å². The number of hydrogen-bond donors (Lipinski definition) is 1. The van der Waals surface area contributed by atoms with Crippen LogP contribution in [-0.2, 0) is 18.0 Å². The zero-order valence-corrected chi connectivity index (χ0v) is 15.1. The van der Waals surface area contributed by atoms with Gasteiger partial charge in [-0.2, -0.15) is 13.2 Å². The summed E-state index contributed by atoms with van der Waals surface area (Å²) in [5, 5.41) is 2.69. The number of alkyl halides is 3. The Hall–Kier alpha value is -2.94. The van der Waals surface area contributed by atoms with E-state index in [4.69, 9.17) is 0 Å². The number of nitrogens with zero attached hydrogens (tertiary/aromatic N) is 3. The van der Waals surface area contributed by atoms with Gasteiger partial charge in [-0.3, -0.25) is 4.79 Å². The van der Waals surface area contributed by atoms with Crippen LogP contribution in [0.4, 0.5) is 19.0 Å². The SMILES string of the molecule is Cc1ncc2c(n1)NC(=O)C2=Cc1ccc(-c2cc(C(F)(F)F)n(C)c2)s1. The summed E-state index contributed by atoms with van der Waals surface area (Å²) in [7, 11) is 1.37. The highest BCUT2D eigenvalue weighted by Crippen LogP contribution is 2.37. The molecule has 0 aliphatic carbocycles. The van der Waals surface area contributed by atoms with Crippen LogP contribution in [0.5, 0.6) is 0 Å². The van der Waals surface area contributed by atoms with E-state index in [0.29, 0.717) is 33.2 Å². The molecule has 1 aliphatic rings. The van der Waals surface area contributed by atoms with E-state index in [2.05, 4.69) is 15.3 Å². The van der Waals surface area contributed by atoms with Gasteiger partial charge in [0.2, 0.25) is 0 Å². The fourth-order valence-corrected chi connectivity index (χ4v) is 3.84. The molecular weight excluding hydrogens is 377 g/mol. The minimum absolute atomic E-state index is 0.279. The average Bonchev–Trinajstić information content (AvgIpc) is 3.25. The number of halogens is 3. The van der Waals surface area contributed by atoms with E-state index in [1.807, 2.05) is 0 Å². The van der Waals surface area contributed by atoms with E-state index in [1.165, 1.54) is 24.6 Å². The van der Waals surface area contributed by atoms with E-state index >= 15 is 0 Å². The zero-order valence-electron chi connectivity index (χ0n) is 14.3. The summed E-state index contributed by atoms with van der Waals surface area (Å²) in [5.41, 5.74) is 0.819. The van der Waals surface area contributed by atoms with E-state index in [9.17, 15) is 18.0 Å². The molecule has 0 fully saturated rings. The number of aromatic nitrogens is 3. The zero-order chi connectivity index (χ0) is 19.3. The first-order valence-electron chi connectivity index (χ1n) is 7.93. The summed E-state index contributed by atoms with van der Waals surface area (Å²) in [4.78, 5) is 22.0. The van der Waals surface area contributed by atoms with Gasteiger partial charge in [-0.1, -0.05) is 0 Å². The number of hydrogen-bond acceptors (Lipinski definition) is 4. The number of carbonyl (C=O) groups excluding carboxylic acids is 1. The second-order valence-corrected chi connectivity index (χ2v) is 7.23. The summed E-state index contributed by atoms with van der Waals surface area (Å²) >= 11 is 1.31. The molecule has 1 amide bonds. The normalized spacial score (nSPS) is 15.3. The smallest absolute Gasteiger partial charge is 0.346 e. The summed E-state index contributed by atoms with van der Waals surface area (Å²) in [6.07, 6.45) is 0.322. The Morgan fingerprint density at radius 1 is 1.30 bits per heavy atom. The van der Waals surface area contributed by atoms with Gasteiger partial charge in [-0.25, -0.2) is 9.97 Å². The van der Waals surface area contributed by atoms with Crippen molar-refractivity contribution >= 4 is 34.7 Å². The molecule has 1 aliphatic heterocycles. The Morgan fingerprint density at radius 3 is 2.78 bits per heavy atom. The molecular formula is C18H13F3N4OS. The molecule has 0 saturated carbocycles. The molecule has 27 heavy (non-hydrogen) atoms. The van der Waals surface area contributed by atoms with E-state index < -0.39 is 11.9 Å². The molecule has 0 bridgehead atoms. The Bertz CT molecular complexity index is 1090. The fraction of sp³-hybridized carbons (Fsp3) is 0.167. The van der Waals surface area contributed by atoms with Crippen LogP contribution in [0.25, 0.3) is 22.1 Å². The van der Waals surface area contributed by atoms with Gasteiger partial charge in [0.25, 0.3) is 5.91 Å². The number of amides is 1. The highest BCUT2D eigenvalue weighted by Gasteiger charge is 2.34. The van der Waals surface area contributed by atoms with Crippen LogP contribution in [0.15, 0.2) is 30.6 Å². The maximum atomic E-state index is 13.0. The van der Waals surface area contributed by atoms with Crippen molar-refractivity contribution in [1.29, 1.82) is 0 Å². The third-order valence-corrected chi connectivity index (χ3v) is 5.25. The van der Waals surface area contributed by atoms with E-state index in [0.717, 1.165) is 15.5 Å². The van der Waals surface area contributed by atoms with Crippen molar-refractivity contribution in [2.75, 3.05) is 5.32 Å². The van der Waals surface area contributed by atoms with Crippen molar-refractivity contribution in [1.82, 2.24) is 14.5 Å². The van der Waals surface area contributed by atoms with Crippen LogP contribution >= 0.6 is 11.3 Å². The lowest BCUT2D eigenvalue weighted by Crippen LogP contribution is -2.09. The molecule has 0 radical (unpaired) electrons. The highest BCUT2D eigenvalue weighted by atomic mass is 32.1. The van der Waals surface area contributed by atoms with Crippen LogP contribution < -0.4 is 5.32 Å². The molecule has 138 valence electrons. The highest BCUT2D eigenvalue weighted by molar-refractivity contribution is 7.16. The summed E-state index contributed by atoms with van der Waals surface area (Å²) in [6, 6.07) is 4.64. The molecule has 0 saturated heterocycles. The van der Waals surface area contributed by atoms with Crippen LogP contribution in [0, 0.1) is 6.92 Å². The lowest BCUT2D eigenvalue weighted by Gasteiger charge is -2.05. The number of thiophene rings is 1. The average molecular weight is 390 g/mol. The van der Waals surface area contributed by atoms with Crippen molar-refractivity contribution in [3.8, 4) is 10.4 Å². The van der Waals surface area contributed by atoms with Gasteiger partial charge < -0.3 is 9.88 Å². The van der Waals surface area contributed by atoms with Crippen molar-refractivity contribution in [3.05, 3.63) is 52.6 Å². The molecule has 0 spiro atoms. The lowest BCUT2D eigenvalue weighted by molar-refractivity contribution is -0.143. The molecule has 0 unspecified atom stereocenters. The lowest BCUT2D eigenvalue weighted by atomic mass is 10.1.